The molecule has 0 aliphatic rings. The van der Waals surface area contributed by atoms with Gasteiger partial charge in [0.15, 0.2) is 5.65 Å². The Kier molecular flexibility index (Phi) is 5.24. The first-order valence-corrected chi connectivity index (χ1v) is 9.92. The highest BCUT2D eigenvalue weighted by atomic mass is 16.1. The van der Waals surface area contributed by atoms with E-state index in [1.54, 1.807) is 22.7 Å². The van der Waals surface area contributed by atoms with Crippen molar-refractivity contribution in [1.29, 1.82) is 0 Å². The first kappa shape index (κ1) is 20.3. The van der Waals surface area contributed by atoms with E-state index in [2.05, 4.69) is 25.4 Å². The van der Waals surface area contributed by atoms with Gasteiger partial charge in [-0.1, -0.05) is 19.1 Å². The molecule has 9 heteroatoms. The lowest BCUT2D eigenvalue weighted by molar-refractivity contribution is -0.115. The first-order chi connectivity index (χ1) is 14.8. The topological polar surface area (TPSA) is 125 Å². The number of nitrogens with zero attached hydrogens (tertiary/aromatic N) is 3. The average molecular weight is 418 g/mol. The fraction of sp³-hybridized carbons (Fsp3) is 0.227. The molecule has 0 unspecified atom stereocenters. The molecular weight excluding hydrogens is 396 g/mol. The summed E-state index contributed by atoms with van der Waals surface area (Å²) in [5, 5.41) is 5.57. The number of carbonyl (C=O) groups excluding carboxylic acids is 1. The zero-order valence-corrected chi connectivity index (χ0v) is 17.4. The minimum atomic E-state index is -0.243. The third-order valence-corrected chi connectivity index (χ3v) is 5.12. The zero-order valence-electron chi connectivity index (χ0n) is 17.4. The molecule has 4 aromatic rings. The summed E-state index contributed by atoms with van der Waals surface area (Å²) in [6.07, 6.45) is 0.753. The molecule has 4 rings (SSSR count). The molecule has 0 atom stereocenters. The third-order valence-electron chi connectivity index (χ3n) is 5.12. The molecule has 3 heterocycles. The van der Waals surface area contributed by atoms with Gasteiger partial charge in [0.2, 0.25) is 5.91 Å². The molecule has 158 valence electrons. The number of aryl methyl sites for hydroxylation is 3. The number of aromatic nitrogens is 5. The lowest BCUT2D eigenvalue weighted by atomic mass is 10.1. The number of hydrogen-bond donors (Lipinski definition) is 3. The lowest BCUT2D eigenvalue weighted by Crippen LogP contribution is -2.18. The van der Waals surface area contributed by atoms with Gasteiger partial charge >= 0.3 is 0 Å². The van der Waals surface area contributed by atoms with Crippen molar-refractivity contribution in [3.8, 4) is 11.4 Å². The monoisotopic (exact) mass is 418 g/mol. The van der Waals surface area contributed by atoms with E-state index in [1.807, 2.05) is 26.8 Å². The minimum absolute atomic E-state index is 0.103. The van der Waals surface area contributed by atoms with Crippen LogP contribution >= 0.6 is 0 Å². The summed E-state index contributed by atoms with van der Waals surface area (Å²) in [6.45, 7) is 5.59. The summed E-state index contributed by atoms with van der Waals surface area (Å²) in [7, 11) is 0. The highest BCUT2D eigenvalue weighted by Gasteiger charge is 2.15. The lowest BCUT2D eigenvalue weighted by Gasteiger charge is -2.12. The molecule has 0 radical (unpaired) electrons. The Morgan fingerprint density at radius 1 is 1.10 bits per heavy atom. The molecule has 3 N–H and O–H groups in total. The summed E-state index contributed by atoms with van der Waals surface area (Å²) >= 11 is 0. The van der Waals surface area contributed by atoms with Crippen LogP contribution in [0.1, 0.15) is 29.6 Å². The molecule has 0 aliphatic heterocycles. The number of fused-ring (bicyclic) bond motifs is 1. The van der Waals surface area contributed by atoms with Gasteiger partial charge in [0.25, 0.3) is 11.1 Å². The number of rotatable bonds is 5. The molecule has 31 heavy (non-hydrogen) atoms. The Hall–Kier alpha value is -4.01. The summed E-state index contributed by atoms with van der Waals surface area (Å²) in [5.74, 6) is 0.237. The van der Waals surface area contributed by atoms with Gasteiger partial charge < -0.3 is 10.3 Å². The van der Waals surface area contributed by atoms with Gasteiger partial charge in [-0.15, -0.1) is 0 Å². The maximum absolute atomic E-state index is 12.7. The van der Waals surface area contributed by atoms with E-state index < -0.39 is 0 Å². The van der Waals surface area contributed by atoms with Crippen LogP contribution in [0.4, 0.5) is 5.69 Å². The SMILES string of the molecule is CCc1cc(=O)[nH]c(-c2cccc(NC(=O)Cc3c(C)nc4cc(=O)[nH]n4c3C)c2)n1. The van der Waals surface area contributed by atoms with Crippen LogP contribution < -0.4 is 16.4 Å². The van der Waals surface area contributed by atoms with E-state index >= 15 is 0 Å². The minimum Gasteiger partial charge on any atom is -0.326 e. The Bertz CT molecular complexity index is 1410. The normalized spacial score (nSPS) is 11.1. The number of benzene rings is 1. The Morgan fingerprint density at radius 3 is 2.68 bits per heavy atom. The first-order valence-electron chi connectivity index (χ1n) is 9.92. The van der Waals surface area contributed by atoms with Crippen LogP contribution in [-0.4, -0.2) is 30.5 Å². The smallest absolute Gasteiger partial charge is 0.266 e. The molecule has 0 spiro atoms. The molecule has 9 nitrogen and oxygen atoms in total. The van der Waals surface area contributed by atoms with Crippen molar-refractivity contribution in [2.75, 3.05) is 5.32 Å². The fourth-order valence-corrected chi connectivity index (χ4v) is 3.55. The van der Waals surface area contributed by atoms with E-state index in [9.17, 15) is 14.4 Å². The second-order valence-electron chi connectivity index (χ2n) is 7.32. The molecule has 1 aromatic carbocycles. The van der Waals surface area contributed by atoms with Gasteiger partial charge in [0.1, 0.15) is 5.82 Å². The molecule has 0 saturated carbocycles. The van der Waals surface area contributed by atoms with Crippen molar-refractivity contribution >= 4 is 17.2 Å². The highest BCUT2D eigenvalue weighted by Crippen LogP contribution is 2.20. The average Bonchev–Trinajstić information content (AvgIpc) is 3.11. The number of hydrogen-bond acceptors (Lipinski definition) is 5. The number of aromatic amines is 2. The summed E-state index contributed by atoms with van der Waals surface area (Å²) in [6, 6.07) is 10.0. The van der Waals surface area contributed by atoms with E-state index in [0.29, 0.717) is 40.5 Å². The Balaban J connectivity index is 1.58. The van der Waals surface area contributed by atoms with Crippen molar-refractivity contribution in [3.05, 3.63) is 79.8 Å². The predicted octanol–water partition coefficient (Wildman–Crippen LogP) is 2.13. The molecule has 1 amide bonds. The summed E-state index contributed by atoms with van der Waals surface area (Å²) < 4.78 is 1.58. The van der Waals surface area contributed by atoms with Crippen LogP contribution in [0.15, 0.2) is 46.0 Å². The predicted molar refractivity (Wildman–Crippen MR) is 117 cm³/mol. The maximum atomic E-state index is 12.7. The van der Waals surface area contributed by atoms with E-state index in [1.165, 1.54) is 12.1 Å². The third kappa shape index (κ3) is 4.16. The van der Waals surface area contributed by atoms with Gasteiger partial charge in [-0.25, -0.2) is 14.5 Å². The highest BCUT2D eigenvalue weighted by molar-refractivity contribution is 5.93. The van der Waals surface area contributed by atoms with Gasteiger partial charge in [-0.3, -0.25) is 19.5 Å². The van der Waals surface area contributed by atoms with Crippen LogP contribution in [-0.2, 0) is 17.6 Å². The largest absolute Gasteiger partial charge is 0.326 e. The molecule has 0 fully saturated rings. The fourth-order valence-electron chi connectivity index (χ4n) is 3.55. The maximum Gasteiger partial charge on any atom is 0.266 e. The van der Waals surface area contributed by atoms with Crippen LogP contribution in [0.25, 0.3) is 17.0 Å². The van der Waals surface area contributed by atoms with Crippen LogP contribution in [0.3, 0.4) is 0 Å². The number of anilines is 1. The number of H-pyrrole nitrogens is 2. The quantitative estimate of drug-likeness (QED) is 0.458. The Morgan fingerprint density at radius 2 is 1.90 bits per heavy atom. The van der Waals surface area contributed by atoms with Crippen molar-refractivity contribution in [3.63, 3.8) is 0 Å². The van der Waals surface area contributed by atoms with E-state index in [0.717, 1.165) is 11.3 Å². The standard InChI is InChI=1S/C22H22N6O3/c1-4-15-9-19(29)26-22(25-15)14-6-5-7-16(8-14)24-20(30)10-17-12(2)23-18-11-21(31)27-28(18)13(17)3/h5-9,11H,4,10H2,1-3H3,(H,24,30)(H,27,31)(H,25,26,29). The molecule has 3 aromatic heterocycles. The van der Waals surface area contributed by atoms with Crippen molar-refractivity contribution in [2.45, 2.75) is 33.6 Å². The van der Waals surface area contributed by atoms with Crippen molar-refractivity contribution in [2.24, 2.45) is 0 Å². The number of amides is 1. The summed E-state index contributed by atoms with van der Waals surface area (Å²) in [5.41, 5.74) is 4.24. The second-order valence-corrected chi connectivity index (χ2v) is 7.32. The molecule has 0 bridgehead atoms. The van der Waals surface area contributed by atoms with E-state index in [-0.39, 0.29) is 23.4 Å². The van der Waals surface area contributed by atoms with Gasteiger partial charge in [-0.2, -0.15) is 0 Å². The Labute approximate surface area is 177 Å². The van der Waals surface area contributed by atoms with Crippen LogP contribution in [0.5, 0.6) is 0 Å². The second kappa shape index (κ2) is 8.02. The van der Waals surface area contributed by atoms with Gasteiger partial charge in [0, 0.05) is 46.0 Å². The molecule has 0 saturated heterocycles. The number of carbonyl (C=O) groups is 1. The van der Waals surface area contributed by atoms with Gasteiger partial charge in [-0.05, 0) is 32.4 Å². The molecular formula is C22H22N6O3. The zero-order chi connectivity index (χ0) is 22.1. The van der Waals surface area contributed by atoms with Crippen LogP contribution in [0, 0.1) is 13.8 Å². The van der Waals surface area contributed by atoms with Crippen molar-refractivity contribution < 1.29 is 4.79 Å². The van der Waals surface area contributed by atoms with Gasteiger partial charge in [0.05, 0.1) is 6.42 Å². The van der Waals surface area contributed by atoms with Crippen LogP contribution in [0.2, 0.25) is 0 Å². The summed E-state index contributed by atoms with van der Waals surface area (Å²) in [4.78, 5) is 47.8. The number of nitrogens with one attached hydrogen (secondary N) is 3. The van der Waals surface area contributed by atoms with Crippen molar-refractivity contribution in [1.82, 2.24) is 24.6 Å². The van der Waals surface area contributed by atoms with E-state index in [4.69, 9.17) is 0 Å². The molecule has 0 aliphatic carbocycles.